The molecule has 1 atom stereocenters. The molecule has 2 rings (SSSR count). The number of non-ortho nitro benzene ring substituents is 1. The lowest BCUT2D eigenvalue weighted by atomic mass is 10.0. The maximum Gasteiger partial charge on any atom is 0.269 e. The van der Waals surface area contributed by atoms with Crippen molar-refractivity contribution in [3.05, 3.63) is 56.0 Å². The molecule has 110 valence electrons. The lowest BCUT2D eigenvalue weighted by molar-refractivity contribution is -0.384. The van der Waals surface area contributed by atoms with Crippen molar-refractivity contribution < 1.29 is 9.72 Å². The van der Waals surface area contributed by atoms with Gasteiger partial charge in [-0.05, 0) is 18.9 Å². The van der Waals surface area contributed by atoms with Crippen LogP contribution in [0.25, 0.3) is 0 Å². The highest BCUT2D eigenvalue weighted by molar-refractivity contribution is 7.11. The third-order valence-corrected chi connectivity index (χ3v) is 4.08. The van der Waals surface area contributed by atoms with Crippen LogP contribution in [-0.4, -0.2) is 15.8 Å². The summed E-state index contributed by atoms with van der Waals surface area (Å²) >= 11 is 1.28. The van der Waals surface area contributed by atoms with Crippen molar-refractivity contribution in [2.24, 2.45) is 0 Å². The van der Waals surface area contributed by atoms with Crippen LogP contribution in [0.3, 0.4) is 0 Å². The average Bonchev–Trinajstić information content (AvgIpc) is 2.91. The largest absolute Gasteiger partial charge is 0.344 e. The fourth-order valence-corrected chi connectivity index (χ4v) is 2.73. The van der Waals surface area contributed by atoms with E-state index in [1.165, 1.54) is 23.5 Å². The molecule has 1 aromatic carbocycles. The zero-order valence-corrected chi connectivity index (χ0v) is 12.5. The summed E-state index contributed by atoms with van der Waals surface area (Å²) in [4.78, 5) is 27.2. The number of nitrogens with one attached hydrogen (secondary N) is 1. The number of aryl methyl sites for hydroxylation is 1. The smallest absolute Gasteiger partial charge is 0.269 e. The SMILES string of the molecule is CC[C@@H](NC(=O)c1scnc1C)c1cccc([N+](=O)[O-])c1. The van der Waals surface area contributed by atoms with Crippen LogP contribution in [0.1, 0.15) is 40.3 Å². The fourth-order valence-electron chi connectivity index (χ4n) is 2.02. The molecule has 0 fully saturated rings. The lowest BCUT2D eigenvalue weighted by Crippen LogP contribution is -2.28. The highest BCUT2D eigenvalue weighted by Gasteiger charge is 2.18. The number of nitro benzene ring substituents is 1. The first-order valence-electron chi connectivity index (χ1n) is 6.48. The molecule has 0 saturated carbocycles. The number of benzene rings is 1. The van der Waals surface area contributed by atoms with Crippen LogP contribution < -0.4 is 5.32 Å². The van der Waals surface area contributed by atoms with Gasteiger partial charge < -0.3 is 5.32 Å². The van der Waals surface area contributed by atoms with Gasteiger partial charge >= 0.3 is 0 Å². The Labute approximate surface area is 126 Å². The van der Waals surface area contributed by atoms with Crippen LogP contribution in [0.5, 0.6) is 0 Å². The second kappa shape index (κ2) is 6.45. The van der Waals surface area contributed by atoms with Crippen molar-refractivity contribution in [3.8, 4) is 0 Å². The van der Waals surface area contributed by atoms with Crippen molar-refractivity contribution in [1.82, 2.24) is 10.3 Å². The van der Waals surface area contributed by atoms with Crippen molar-refractivity contribution in [2.45, 2.75) is 26.3 Å². The number of hydrogen-bond acceptors (Lipinski definition) is 5. The molecule has 7 heteroatoms. The monoisotopic (exact) mass is 305 g/mol. The van der Waals surface area contributed by atoms with Gasteiger partial charge in [-0.3, -0.25) is 14.9 Å². The van der Waals surface area contributed by atoms with E-state index in [0.717, 1.165) is 5.56 Å². The minimum Gasteiger partial charge on any atom is -0.344 e. The standard InChI is InChI=1S/C14H15N3O3S/c1-3-12(10-5-4-6-11(7-10)17(19)20)16-14(18)13-9(2)15-8-21-13/h4-8,12H,3H2,1-2H3,(H,16,18)/t12-/m1/s1. The minimum atomic E-state index is -0.439. The summed E-state index contributed by atoms with van der Waals surface area (Å²) in [6, 6.07) is 6.07. The topological polar surface area (TPSA) is 85.1 Å². The van der Waals surface area contributed by atoms with Gasteiger partial charge in [0.25, 0.3) is 11.6 Å². The number of amides is 1. The normalized spacial score (nSPS) is 11.9. The molecule has 1 amide bonds. The Bertz CT molecular complexity index is 669. The van der Waals surface area contributed by atoms with Crippen molar-refractivity contribution in [3.63, 3.8) is 0 Å². The molecule has 0 aliphatic heterocycles. The maximum absolute atomic E-state index is 12.2. The summed E-state index contributed by atoms with van der Waals surface area (Å²) < 4.78 is 0. The lowest BCUT2D eigenvalue weighted by Gasteiger charge is -2.17. The first-order chi connectivity index (χ1) is 10.0. The van der Waals surface area contributed by atoms with E-state index in [2.05, 4.69) is 10.3 Å². The number of aromatic nitrogens is 1. The van der Waals surface area contributed by atoms with E-state index in [1.807, 2.05) is 6.92 Å². The summed E-state index contributed by atoms with van der Waals surface area (Å²) in [7, 11) is 0. The predicted octanol–water partition coefficient (Wildman–Crippen LogP) is 3.24. The van der Waals surface area contributed by atoms with Crippen LogP contribution in [0, 0.1) is 17.0 Å². The molecular formula is C14H15N3O3S. The van der Waals surface area contributed by atoms with Gasteiger partial charge in [-0.2, -0.15) is 0 Å². The Morgan fingerprint density at radius 2 is 2.29 bits per heavy atom. The molecule has 1 heterocycles. The van der Waals surface area contributed by atoms with Gasteiger partial charge in [0.2, 0.25) is 0 Å². The summed E-state index contributed by atoms with van der Waals surface area (Å²) in [6.45, 7) is 3.70. The maximum atomic E-state index is 12.2. The quantitative estimate of drug-likeness (QED) is 0.678. The van der Waals surface area contributed by atoms with Crippen molar-refractivity contribution in [1.29, 1.82) is 0 Å². The van der Waals surface area contributed by atoms with Gasteiger partial charge in [-0.25, -0.2) is 4.98 Å². The third kappa shape index (κ3) is 3.43. The Morgan fingerprint density at radius 3 is 2.86 bits per heavy atom. The Kier molecular flexibility index (Phi) is 4.64. The Balaban J connectivity index is 2.20. The van der Waals surface area contributed by atoms with Gasteiger partial charge in [0.1, 0.15) is 4.88 Å². The number of hydrogen-bond donors (Lipinski definition) is 1. The molecule has 2 aromatic rings. The Hall–Kier alpha value is -2.28. The second-order valence-corrected chi connectivity index (χ2v) is 5.41. The van der Waals surface area contributed by atoms with Crippen LogP contribution in [-0.2, 0) is 0 Å². The van der Waals surface area contributed by atoms with Gasteiger partial charge in [-0.1, -0.05) is 19.1 Å². The molecule has 0 spiro atoms. The summed E-state index contributed by atoms with van der Waals surface area (Å²) in [5, 5.41) is 13.7. The summed E-state index contributed by atoms with van der Waals surface area (Å²) in [5.74, 6) is -0.201. The number of nitrogens with zero attached hydrogens (tertiary/aromatic N) is 2. The molecular weight excluding hydrogens is 290 g/mol. The average molecular weight is 305 g/mol. The van der Waals surface area contributed by atoms with Crippen LogP contribution in [0.15, 0.2) is 29.8 Å². The third-order valence-electron chi connectivity index (χ3n) is 3.15. The van der Waals surface area contributed by atoms with E-state index in [4.69, 9.17) is 0 Å². The van der Waals surface area contributed by atoms with E-state index < -0.39 is 4.92 Å². The number of thiazole rings is 1. The molecule has 0 radical (unpaired) electrons. The molecule has 0 bridgehead atoms. The first-order valence-corrected chi connectivity index (χ1v) is 7.36. The van der Waals surface area contributed by atoms with Gasteiger partial charge in [0.15, 0.2) is 0 Å². The molecule has 1 N–H and O–H groups in total. The zero-order valence-electron chi connectivity index (χ0n) is 11.7. The molecule has 6 nitrogen and oxygen atoms in total. The first kappa shape index (κ1) is 15.1. The molecule has 1 aromatic heterocycles. The van der Waals surface area contributed by atoms with Crippen molar-refractivity contribution >= 4 is 22.9 Å². The zero-order chi connectivity index (χ0) is 15.4. The van der Waals surface area contributed by atoms with Crippen LogP contribution in [0.4, 0.5) is 5.69 Å². The number of rotatable bonds is 5. The number of carbonyl (C=O) groups is 1. The van der Waals surface area contributed by atoms with Gasteiger partial charge in [0, 0.05) is 12.1 Å². The highest BCUT2D eigenvalue weighted by atomic mass is 32.1. The van der Waals surface area contributed by atoms with Gasteiger partial charge in [0.05, 0.1) is 22.2 Å². The van der Waals surface area contributed by atoms with E-state index in [-0.39, 0.29) is 17.6 Å². The number of nitro groups is 1. The summed E-state index contributed by atoms with van der Waals surface area (Å²) in [5.41, 5.74) is 3.06. The molecule has 0 aliphatic rings. The minimum absolute atomic E-state index is 0.0224. The molecule has 0 unspecified atom stereocenters. The summed E-state index contributed by atoms with van der Waals surface area (Å²) in [6.07, 6.45) is 0.644. The predicted molar refractivity (Wildman–Crippen MR) is 80.4 cm³/mol. The van der Waals surface area contributed by atoms with E-state index >= 15 is 0 Å². The van der Waals surface area contributed by atoms with E-state index in [0.29, 0.717) is 17.0 Å². The molecule has 0 aliphatic carbocycles. The molecule has 0 saturated heterocycles. The van der Waals surface area contributed by atoms with Crippen molar-refractivity contribution in [2.75, 3.05) is 0 Å². The van der Waals surface area contributed by atoms with E-state index in [9.17, 15) is 14.9 Å². The van der Waals surface area contributed by atoms with Crippen LogP contribution >= 0.6 is 11.3 Å². The Morgan fingerprint density at radius 1 is 1.52 bits per heavy atom. The molecule has 21 heavy (non-hydrogen) atoms. The second-order valence-electron chi connectivity index (χ2n) is 4.55. The number of carbonyl (C=O) groups excluding carboxylic acids is 1. The van der Waals surface area contributed by atoms with Gasteiger partial charge in [-0.15, -0.1) is 11.3 Å². The highest BCUT2D eigenvalue weighted by Crippen LogP contribution is 2.23. The van der Waals surface area contributed by atoms with E-state index in [1.54, 1.807) is 24.6 Å². The fraction of sp³-hybridized carbons (Fsp3) is 0.286. The van der Waals surface area contributed by atoms with Crippen LogP contribution in [0.2, 0.25) is 0 Å².